The van der Waals surface area contributed by atoms with E-state index in [0.717, 1.165) is 0 Å². The second-order valence-electron chi connectivity index (χ2n) is 0.685. The van der Waals surface area contributed by atoms with Crippen LogP contribution in [0.1, 0.15) is 0 Å². The summed E-state index contributed by atoms with van der Waals surface area (Å²) < 4.78 is 12.8. The Morgan fingerprint density at radius 1 is 1.50 bits per heavy atom. The van der Waals surface area contributed by atoms with Crippen LogP contribution in [0.2, 0.25) is 0 Å². The Morgan fingerprint density at radius 3 is 1.80 bits per heavy atom. The van der Waals surface area contributed by atoms with Crippen molar-refractivity contribution in [3.05, 3.63) is 0 Å². The van der Waals surface area contributed by atoms with Crippen molar-refractivity contribution in [3.8, 4) is 0 Å². The van der Waals surface area contributed by atoms with Crippen molar-refractivity contribution in [1.29, 1.82) is 0 Å². The second-order valence-corrected chi connectivity index (χ2v) is 2.06. The molecule has 10 heteroatoms. The van der Waals surface area contributed by atoms with Crippen LogP contribution in [0.3, 0.4) is 0 Å². The van der Waals surface area contributed by atoms with Gasteiger partial charge in [-0.15, -0.1) is 0 Å². The van der Waals surface area contributed by atoms with Crippen molar-refractivity contribution in [2.24, 2.45) is 0 Å². The maximum atomic E-state index is 9.40. The van der Waals surface area contributed by atoms with Crippen molar-refractivity contribution in [2.75, 3.05) is 0 Å². The Labute approximate surface area is 172 Å². The van der Waals surface area contributed by atoms with Gasteiger partial charge in [0.2, 0.25) is 0 Å². The van der Waals surface area contributed by atoms with Gasteiger partial charge in [-0.05, 0) is 0 Å². The SMILES string of the molecule is O=P([O-])([O-])OBCl.[BaH2].[Ca+2].[SrH2]. The minimum atomic E-state index is -4.80. The molecule has 0 aliphatic rings. The number of phosphoric acid groups is 1. The van der Waals surface area contributed by atoms with Gasteiger partial charge < -0.3 is 18.8 Å². The normalized spacial score (nSPS) is 7.90. The van der Waals surface area contributed by atoms with Crippen LogP contribution in [0.4, 0.5) is 0 Å². The topological polar surface area (TPSA) is 72.4 Å². The number of hydrogen-bond donors (Lipinski definition) is 0. The van der Waals surface area contributed by atoms with Crippen LogP contribution in [-0.4, -0.2) is 139 Å². The van der Waals surface area contributed by atoms with E-state index >= 15 is 0 Å². The van der Waals surface area contributed by atoms with Crippen LogP contribution in [0, 0.1) is 0 Å². The molecule has 0 aliphatic heterocycles. The van der Waals surface area contributed by atoms with E-state index in [0.29, 0.717) is 0 Å². The Morgan fingerprint density at radius 2 is 1.80 bits per heavy atom. The van der Waals surface area contributed by atoms with Crippen molar-refractivity contribution >= 4 is 158 Å². The molecule has 0 atom stereocenters. The maximum absolute atomic E-state index is 9.40. The number of hydrogen-bond acceptors (Lipinski definition) is 4. The molecule has 0 saturated carbocycles. The molecule has 4 nitrogen and oxygen atoms in total. The first-order valence-corrected chi connectivity index (χ1v) is 3.28. The molecule has 0 aromatic carbocycles. The fourth-order valence-corrected chi connectivity index (χ4v) is 0.538. The molecule has 0 heterocycles. The van der Waals surface area contributed by atoms with Gasteiger partial charge in [0.25, 0.3) is 0 Å². The first-order valence-electron chi connectivity index (χ1n) is 1.29. The number of halogens is 1. The molecule has 0 aliphatic carbocycles. The third kappa shape index (κ3) is 23.0. The van der Waals surface area contributed by atoms with Gasteiger partial charge >= 0.3 is 139 Å². The fourth-order valence-electron chi connectivity index (χ4n) is 0.0598. The summed E-state index contributed by atoms with van der Waals surface area (Å²) in [6, 6.07) is 0. The third-order valence-electron chi connectivity index (χ3n) is 0.207. The summed E-state index contributed by atoms with van der Waals surface area (Å²) in [5.74, 6) is 0. The van der Waals surface area contributed by atoms with E-state index in [1.165, 1.54) is 0 Å². The van der Waals surface area contributed by atoms with Gasteiger partial charge in [-0.3, -0.25) is 0 Å². The van der Waals surface area contributed by atoms with Crippen molar-refractivity contribution in [2.45, 2.75) is 0 Å². The molecule has 0 aromatic heterocycles. The molecular formula is H5BBaCaClO4PSr. The van der Waals surface area contributed by atoms with Gasteiger partial charge in [0.05, 0.1) is 0 Å². The molecule has 0 N–H and O–H groups in total. The molecule has 10 heavy (non-hydrogen) atoms. The average molecular weight is 411 g/mol. The Balaban J connectivity index is -0.0000000600. The Hall–Kier alpha value is 4.78. The molecule has 0 amide bonds. The van der Waals surface area contributed by atoms with Crippen molar-refractivity contribution in [1.82, 2.24) is 0 Å². The molecule has 0 aromatic rings. The predicted molar refractivity (Wildman–Crippen MR) is 44.5 cm³/mol. The number of rotatable bonds is 2. The van der Waals surface area contributed by atoms with Gasteiger partial charge in [-0.25, -0.2) is 0 Å². The first-order chi connectivity index (χ1) is 3.06. The zero-order chi connectivity index (χ0) is 5.91. The molecule has 0 radical (unpaired) electrons. The van der Waals surface area contributed by atoms with Crippen LogP contribution in [0.25, 0.3) is 0 Å². The van der Waals surface area contributed by atoms with Gasteiger partial charge in [-0.2, -0.15) is 11.5 Å². The van der Waals surface area contributed by atoms with Gasteiger partial charge in [0.15, 0.2) is 0 Å². The van der Waals surface area contributed by atoms with E-state index < -0.39 is 14.7 Å². The summed E-state index contributed by atoms with van der Waals surface area (Å²) in [5.41, 5.74) is 0. The second kappa shape index (κ2) is 13.8. The van der Waals surface area contributed by atoms with Crippen LogP contribution >= 0.6 is 19.3 Å². The monoisotopic (exact) mass is 412 g/mol. The van der Waals surface area contributed by atoms with Gasteiger partial charge in [0.1, 0.15) is 0 Å². The summed E-state index contributed by atoms with van der Waals surface area (Å²) in [7, 11) is -4.80. The Kier molecular flexibility index (Phi) is 33.3. The van der Waals surface area contributed by atoms with E-state index in [-0.39, 0.29) is 132 Å². The van der Waals surface area contributed by atoms with Gasteiger partial charge in [0, 0.05) is 7.82 Å². The summed E-state index contributed by atoms with van der Waals surface area (Å²) in [6.07, 6.45) is 0. The molecule has 50 valence electrons. The average Bonchev–Trinajstić information content (AvgIpc) is 1.30. The zero-order valence-corrected chi connectivity index (χ0v) is 7.73. The van der Waals surface area contributed by atoms with E-state index in [4.69, 9.17) is 11.5 Å². The van der Waals surface area contributed by atoms with Crippen molar-refractivity contribution in [3.63, 3.8) is 0 Å². The Bertz CT molecular complexity index is 99.3. The van der Waals surface area contributed by atoms with E-state index in [9.17, 15) is 14.4 Å². The van der Waals surface area contributed by atoms with Crippen molar-refractivity contribution < 1.29 is 18.8 Å². The summed E-state index contributed by atoms with van der Waals surface area (Å²) in [4.78, 5) is 18.8. The molecule has 0 bridgehead atoms. The molecule has 0 rings (SSSR count). The summed E-state index contributed by atoms with van der Waals surface area (Å²) in [5, 5.41) is 0. The standard InChI is InChI=1S/BClH3O4P.Ba.Ca.Sr.4H/c2-1-6-7(3,4)5;;;;;;;/h1H,(H2,3,4,5);;;;;;;/q;;+2;;;;;/p-2. The summed E-state index contributed by atoms with van der Waals surface area (Å²) in [6.45, 7) is -0.607. The molecule has 0 spiro atoms. The minimum absolute atomic E-state index is 0. The van der Waals surface area contributed by atoms with Crippen LogP contribution in [-0.2, 0) is 9.01 Å². The molecule has 0 saturated heterocycles. The van der Waals surface area contributed by atoms with E-state index in [1.807, 2.05) is 0 Å². The summed E-state index contributed by atoms with van der Waals surface area (Å²) >= 11 is 4.69. The zero-order valence-electron chi connectivity index (χ0n) is 3.87. The fraction of sp³-hybridized carbons (Fsp3) is 0. The van der Waals surface area contributed by atoms with Crippen LogP contribution in [0.15, 0.2) is 0 Å². The van der Waals surface area contributed by atoms with Crippen LogP contribution in [0.5, 0.6) is 0 Å². The molecule has 0 fully saturated rings. The van der Waals surface area contributed by atoms with Crippen LogP contribution < -0.4 is 9.79 Å². The first kappa shape index (κ1) is 24.1. The third-order valence-corrected chi connectivity index (χ3v) is 0.913. The predicted octanol–water partition coefficient (Wildman–Crippen LogP) is -3.88. The molecular weight excluding hydrogens is 406 g/mol. The van der Waals surface area contributed by atoms with E-state index in [2.05, 4.69) is 4.44 Å². The quantitative estimate of drug-likeness (QED) is 0.345. The van der Waals surface area contributed by atoms with Gasteiger partial charge in [-0.1, -0.05) is 0 Å². The molecule has 0 unspecified atom stereocenters. The van der Waals surface area contributed by atoms with E-state index in [1.54, 1.807) is 0 Å².